The minimum atomic E-state index is -3.46. The van der Waals surface area contributed by atoms with Gasteiger partial charge >= 0.3 is 0 Å². The molecule has 0 heterocycles. The van der Waals surface area contributed by atoms with Gasteiger partial charge in [0, 0.05) is 19.1 Å². The van der Waals surface area contributed by atoms with Crippen molar-refractivity contribution in [1.29, 1.82) is 0 Å². The van der Waals surface area contributed by atoms with Crippen LogP contribution in [0.3, 0.4) is 0 Å². The molecule has 6 nitrogen and oxygen atoms in total. The van der Waals surface area contributed by atoms with Gasteiger partial charge in [-0.2, -0.15) is 4.31 Å². The summed E-state index contributed by atoms with van der Waals surface area (Å²) in [6.07, 6.45) is 2.06. The van der Waals surface area contributed by atoms with Gasteiger partial charge in [-0.05, 0) is 37.1 Å². The zero-order chi connectivity index (χ0) is 16.2. The number of carbonyl (C=O) groups excluding carboxylic acids is 1. The summed E-state index contributed by atoms with van der Waals surface area (Å²) in [4.78, 5) is 11.7. The lowest BCUT2D eigenvalue weighted by molar-refractivity contribution is -0.123. The molecular weight excluding hydrogens is 304 g/mol. The summed E-state index contributed by atoms with van der Waals surface area (Å²) in [6.45, 7) is 4.41. The molecule has 0 aliphatic heterocycles. The Morgan fingerprint density at radius 1 is 1.23 bits per heavy atom. The van der Waals surface area contributed by atoms with E-state index in [0.717, 1.165) is 12.8 Å². The van der Waals surface area contributed by atoms with Gasteiger partial charge in [-0.1, -0.05) is 13.8 Å². The molecule has 1 aromatic rings. The number of ether oxygens (including phenoxy) is 1. The van der Waals surface area contributed by atoms with Crippen LogP contribution in [0.25, 0.3) is 0 Å². The van der Waals surface area contributed by atoms with Crippen molar-refractivity contribution in [2.24, 2.45) is 0 Å². The highest BCUT2D eigenvalue weighted by Gasteiger charge is 2.23. The summed E-state index contributed by atoms with van der Waals surface area (Å²) < 4.78 is 31.4. The third kappa shape index (κ3) is 4.20. The Labute approximate surface area is 131 Å². The third-order valence-electron chi connectivity index (χ3n) is 3.48. The van der Waals surface area contributed by atoms with Crippen molar-refractivity contribution in [2.45, 2.75) is 37.6 Å². The van der Waals surface area contributed by atoms with Crippen molar-refractivity contribution in [2.75, 3.05) is 19.7 Å². The van der Waals surface area contributed by atoms with E-state index in [0.29, 0.717) is 24.9 Å². The summed E-state index contributed by atoms with van der Waals surface area (Å²) in [5, 5.41) is 2.82. The normalized spacial score (nSPS) is 14.9. The van der Waals surface area contributed by atoms with E-state index in [4.69, 9.17) is 4.74 Å². The first-order valence-corrected chi connectivity index (χ1v) is 8.93. The van der Waals surface area contributed by atoms with Crippen LogP contribution in [-0.4, -0.2) is 44.4 Å². The molecule has 2 rings (SSSR count). The van der Waals surface area contributed by atoms with Crippen molar-refractivity contribution in [3.05, 3.63) is 24.3 Å². The molecule has 122 valence electrons. The smallest absolute Gasteiger partial charge is 0.258 e. The van der Waals surface area contributed by atoms with Crippen LogP contribution >= 0.6 is 0 Å². The molecule has 1 aromatic carbocycles. The molecule has 7 heteroatoms. The Bertz CT molecular complexity index is 605. The molecule has 0 spiro atoms. The highest BCUT2D eigenvalue weighted by Crippen LogP contribution is 2.20. The average molecular weight is 326 g/mol. The fraction of sp³-hybridized carbons (Fsp3) is 0.533. The first-order chi connectivity index (χ1) is 10.5. The Kier molecular flexibility index (Phi) is 5.42. The van der Waals surface area contributed by atoms with E-state index >= 15 is 0 Å². The van der Waals surface area contributed by atoms with Crippen LogP contribution < -0.4 is 10.1 Å². The molecule has 0 bridgehead atoms. The van der Waals surface area contributed by atoms with Gasteiger partial charge < -0.3 is 10.1 Å². The topological polar surface area (TPSA) is 75.7 Å². The molecule has 1 N–H and O–H groups in total. The maximum atomic E-state index is 12.3. The van der Waals surface area contributed by atoms with E-state index in [1.54, 1.807) is 26.0 Å². The van der Waals surface area contributed by atoms with Crippen molar-refractivity contribution in [3.63, 3.8) is 0 Å². The first kappa shape index (κ1) is 16.8. The van der Waals surface area contributed by atoms with Gasteiger partial charge in [-0.25, -0.2) is 8.42 Å². The minimum Gasteiger partial charge on any atom is -0.484 e. The number of carbonyl (C=O) groups is 1. The van der Waals surface area contributed by atoms with Gasteiger partial charge in [0.2, 0.25) is 10.0 Å². The van der Waals surface area contributed by atoms with Crippen LogP contribution in [0.1, 0.15) is 26.7 Å². The van der Waals surface area contributed by atoms with Crippen LogP contribution in [-0.2, 0) is 14.8 Å². The molecule has 1 fully saturated rings. The van der Waals surface area contributed by atoms with Crippen molar-refractivity contribution < 1.29 is 17.9 Å². The number of benzene rings is 1. The number of hydrogen-bond acceptors (Lipinski definition) is 4. The standard InChI is InChI=1S/C15H22N2O4S/c1-3-17(4-2)22(19,20)14-9-7-13(8-10-14)21-11-15(18)16-12-5-6-12/h7-10,12H,3-6,11H2,1-2H3,(H,16,18). The highest BCUT2D eigenvalue weighted by atomic mass is 32.2. The van der Waals surface area contributed by atoms with E-state index in [2.05, 4.69) is 5.32 Å². The summed E-state index contributed by atoms with van der Waals surface area (Å²) in [5.74, 6) is 0.326. The molecule has 1 amide bonds. The van der Waals surface area contributed by atoms with E-state index in [1.807, 2.05) is 0 Å². The van der Waals surface area contributed by atoms with Gasteiger partial charge in [0.05, 0.1) is 4.90 Å². The SMILES string of the molecule is CCN(CC)S(=O)(=O)c1ccc(OCC(=O)NC2CC2)cc1. The fourth-order valence-electron chi connectivity index (χ4n) is 2.07. The molecule has 1 aliphatic rings. The van der Waals surface area contributed by atoms with E-state index < -0.39 is 10.0 Å². The molecule has 0 radical (unpaired) electrons. The van der Waals surface area contributed by atoms with Crippen molar-refractivity contribution in [1.82, 2.24) is 9.62 Å². The van der Waals surface area contributed by atoms with Crippen LogP contribution in [0.2, 0.25) is 0 Å². The van der Waals surface area contributed by atoms with Gasteiger partial charge in [0.25, 0.3) is 5.91 Å². The third-order valence-corrected chi connectivity index (χ3v) is 5.54. The summed E-state index contributed by atoms with van der Waals surface area (Å²) in [6, 6.07) is 6.45. The zero-order valence-corrected chi connectivity index (χ0v) is 13.7. The van der Waals surface area contributed by atoms with E-state index in [-0.39, 0.29) is 17.4 Å². The Hall–Kier alpha value is -1.60. The lowest BCUT2D eigenvalue weighted by Gasteiger charge is -2.18. The summed E-state index contributed by atoms with van der Waals surface area (Å²) >= 11 is 0. The molecule has 22 heavy (non-hydrogen) atoms. The fourth-order valence-corrected chi connectivity index (χ4v) is 3.52. The quantitative estimate of drug-likeness (QED) is 0.783. The van der Waals surface area contributed by atoms with Gasteiger partial charge in [0.1, 0.15) is 5.75 Å². The number of amides is 1. The minimum absolute atomic E-state index is 0.0569. The van der Waals surface area contributed by atoms with Gasteiger partial charge in [0.15, 0.2) is 6.61 Å². The first-order valence-electron chi connectivity index (χ1n) is 7.49. The second-order valence-corrected chi connectivity index (χ2v) is 7.13. The van der Waals surface area contributed by atoms with Crippen LogP contribution in [0.4, 0.5) is 0 Å². The number of nitrogens with one attached hydrogen (secondary N) is 1. The predicted molar refractivity (Wildman–Crippen MR) is 83.2 cm³/mol. The van der Waals surface area contributed by atoms with Crippen molar-refractivity contribution in [3.8, 4) is 5.75 Å². The lowest BCUT2D eigenvalue weighted by Crippen LogP contribution is -2.31. The molecule has 0 aromatic heterocycles. The molecular formula is C15H22N2O4S. The molecule has 1 saturated carbocycles. The summed E-state index contributed by atoms with van der Waals surface area (Å²) in [5.41, 5.74) is 0. The molecule has 0 atom stereocenters. The molecule has 0 saturated heterocycles. The van der Waals surface area contributed by atoms with Crippen LogP contribution in [0.15, 0.2) is 29.2 Å². The number of sulfonamides is 1. The predicted octanol–water partition coefficient (Wildman–Crippen LogP) is 1.37. The Morgan fingerprint density at radius 2 is 1.82 bits per heavy atom. The number of rotatable bonds is 8. The second kappa shape index (κ2) is 7.11. The molecule has 0 unspecified atom stereocenters. The largest absolute Gasteiger partial charge is 0.484 e. The zero-order valence-electron chi connectivity index (χ0n) is 12.9. The maximum absolute atomic E-state index is 12.3. The van der Waals surface area contributed by atoms with Crippen LogP contribution in [0.5, 0.6) is 5.75 Å². The van der Waals surface area contributed by atoms with Gasteiger partial charge in [-0.15, -0.1) is 0 Å². The lowest BCUT2D eigenvalue weighted by atomic mass is 10.3. The van der Waals surface area contributed by atoms with E-state index in [1.165, 1.54) is 16.4 Å². The second-order valence-electron chi connectivity index (χ2n) is 5.19. The average Bonchev–Trinajstić information content (AvgIpc) is 3.30. The Morgan fingerprint density at radius 3 is 2.32 bits per heavy atom. The van der Waals surface area contributed by atoms with E-state index in [9.17, 15) is 13.2 Å². The Balaban J connectivity index is 1.95. The maximum Gasteiger partial charge on any atom is 0.258 e. The number of nitrogens with zero attached hydrogens (tertiary/aromatic N) is 1. The monoisotopic (exact) mass is 326 g/mol. The van der Waals surface area contributed by atoms with Crippen molar-refractivity contribution >= 4 is 15.9 Å². The highest BCUT2D eigenvalue weighted by molar-refractivity contribution is 7.89. The summed E-state index contributed by atoms with van der Waals surface area (Å²) in [7, 11) is -3.46. The van der Waals surface area contributed by atoms with Crippen LogP contribution in [0, 0.1) is 0 Å². The molecule has 1 aliphatic carbocycles. The number of hydrogen-bond donors (Lipinski definition) is 1. The van der Waals surface area contributed by atoms with Gasteiger partial charge in [-0.3, -0.25) is 4.79 Å².